The van der Waals surface area contributed by atoms with E-state index in [2.05, 4.69) is 22.5 Å². The van der Waals surface area contributed by atoms with E-state index in [1.807, 2.05) is 17.2 Å². The van der Waals surface area contributed by atoms with E-state index in [1.54, 1.807) is 6.20 Å². The van der Waals surface area contributed by atoms with Crippen LogP contribution in [0.15, 0.2) is 37.2 Å². The number of carbonyl (C=O) groups is 1. The molecule has 4 nitrogen and oxygen atoms in total. The van der Waals surface area contributed by atoms with Gasteiger partial charge in [-0.25, -0.2) is 0 Å². The highest BCUT2D eigenvalue weighted by atomic mass is 16.2. The van der Waals surface area contributed by atoms with Crippen LogP contribution in [0.5, 0.6) is 0 Å². The molecule has 1 aromatic rings. The average Bonchev–Trinajstić information content (AvgIpc) is 2.40. The maximum absolute atomic E-state index is 11.4. The molecule has 1 fully saturated rings. The number of aromatic nitrogens is 1. The summed E-state index contributed by atoms with van der Waals surface area (Å²) in [6, 6.07) is 4.03. The van der Waals surface area contributed by atoms with Crippen molar-refractivity contribution in [2.45, 2.75) is 6.54 Å². The van der Waals surface area contributed by atoms with Gasteiger partial charge in [0.05, 0.1) is 0 Å². The van der Waals surface area contributed by atoms with E-state index in [0.717, 1.165) is 32.7 Å². The smallest absolute Gasteiger partial charge is 0.246 e. The fraction of sp³-hybridized carbons (Fsp3) is 0.385. The highest BCUT2D eigenvalue weighted by molar-refractivity contribution is 5.87. The van der Waals surface area contributed by atoms with Crippen LogP contribution < -0.4 is 0 Å². The van der Waals surface area contributed by atoms with Gasteiger partial charge in [-0.3, -0.25) is 14.7 Å². The third-order valence-electron chi connectivity index (χ3n) is 2.99. The van der Waals surface area contributed by atoms with E-state index in [0.29, 0.717) is 0 Å². The Hall–Kier alpha value is -1.68. The molecular weight excluding hydrogens is 214 g/mol. The molecule has 1 aliphatic heterocycles. The summed E-state index contributed by atoms with van der Waals surface area (Å²) < 4.78 is 0. The number of hydrogen-bond donors (Lipinski definition) is 0. The van der Waals surface area contributed by atoms with E-state index < -0.39 is 0 Å². The summed E-state index contributed by atoms with van der Waals surface area (Å²) in [5, 5.41) is 0. The Bertz CT molecular complexity index is 383. The predicted octanol–water partition coefficient (Wildman–Crippen LogP) is 0.912. The Kier molecular flexibility index (Phi) is 3.88. The van der Waals surface area contributed by atoms with Crippen LogP contribution in [0.25, 0.3) is 0 Å². The maximum atomic E-state index is 11.4. The van der Waals surface area contributed by atoms with Crippen molar-refractivity contribution < 1.29 is 4.79 Å². The van der Waals surface area contributed by atoms with Crippen molar-refractivity contribution in [3.05, 3.63) is 42.7 Å². The fourth-order valence-electron chi connectivity index (χ4n) is 2.01. The quantitative estimate of drug-likeness (QED) is 0.726. The van der Waals surface area contributed by atoms with Gasteiger partial charge in [-0.15, -0.1) is 0 Å². The maximum Gasteiger partial charge on any atom is 0.246 e. The van der Waals surface area contributed by atoms with Crippen LogP contribution in [0, 0.1) is 0 Å². The largest absolute Gasteiger partial charge is 0.337 e. The standard InChI is InChI=1S/C13H17N3O/c1-2-13(17)16-8-6-15(7-9-16)11-12-4-3-5-14-10-12/h2-5,10H,1,6-9,11H2. The summed E-state index contributed by atoms with van der Waals surface area (Å²) >= 11 is 0. The van der Waals surface area contributed by atoms with Gasteiger partial charge in [0, 0.05) is 45.1 Å². The van der Waals surface area contributed by atoms with Crippen LogP contribution in [0.3, 0.4) is 0 Å². The molecule has 0 aliphatic carbocycles. The minimum absolute atomic E-state index is 0.0334. The van der Waals surface area contributed by atoms with E-state index in [9.17, 15) is 4.79 Å². The lowest BCUT2D eigenvalue weighted by atomic mass is 10.2. The Morgan fingerprint density at radius 2 is 2.18 bits per heavy atom. The zero-order valence-electron chi connectivity index (χ0n) is 9.88. The molecule has 90 valence electrons. The van der Waals surface area contributed by atoms with Crippen LogP contribution in [0.2, 0.25) is 0 Å². The van der Waals surface area contributed by atoms with Crippen LogP contribution in [0.4, 0.5) is 0 Å². The summed E-state index contributed by atoms with van der Waals surface area (Å²) in [6.07, 6.45) is 5.06. The topological polar surface area (TPSA) is 36.4 Å². The molecule has 2 heterocycles. The van der Waals surface area contributed by atoms with Gasteiger partial charge >= 0.3 is 0 Å². The second-order valence-corrected chi connectivity index (χ2v) is 4.17. The molecule has 0 unspecified atom stereocenters. The first-order valence-corrected chi connectivity index (χ1v) is 5.82. The number of nitrogens with zero attached hydrogens (tertiary/aromatic N) is 3. The molecule has 0 atom stereocenters. The van der Waals surface area contributed by atoms with Crippen molar-refractivity contribution in [3.63, 3.8) is 0 Å². The lowest BCUT2D eigenvalue weighted by Crippen LogP contribution is -2.47. The molecule has 0 radical (unpaired) electrons. The van der Waals surface area contributed by atoms with Gasteiger partial charge in [-0.05, 0) is 17.7 Å². The van der Waals surface area contributed by atoms with Crippen LogP contribution in [0.1, 0.15) is 5.56 Å². The molecule has 1 aliphatic rings. The van der Waals surface area contributed by atoms with Crippen molar-refractivity contribution in [2.24, 2.45) is 0 Å². The lowest BCUT2D eigenvalue weighted by Gasteiger charge is -2.34. The zero-order valence-corrected chi connectivity index (χ0v) is 9.88. The lowest BCUT2D eigenvalue weighted by molar-refractivity contribution is -0.127. The third-order valence-corrected chi connectivity index (χ3v) is 2.99. The molecule has 1 amide bonds. The van der Waals surface area contributed by atoms with Crippen molar-refractivity contribution in [3.8, 4) is 0 Å². The minimum atomic E-state index is 0.0334. The predicted molar refractivity (Wildman–Crippen MR) is 66.3 cm³/mol. The van der Waals surface area contributed by atoms with Crippen LogP contribution >= 0.6 is 0 Å². The number of hydrogen-bond acceptors (Lipinski definition) is 3. The molecule has 0 spiro atoms. The normalized spacial score (nSPS) is 16.8. The average molecular weight is 231 g/mol. The summed E-state index contributed by atoms with van der Waals surface area (Å²) in [4.78, 5) is 19.7. The highest BCUT2D eigenvalue weighted by Crippen LogP contribution is 2.07. The highest BCUT2D eigenvalue weighted by Gasteiger charge is 2.19. The second kappa shape index (κ2) is 5.59. The molecule has 1 aromatic heterocycles. The first-order valence-electron chi connectivity index (χ1n) is 5.82. The molecule has 0 saturated carbocycles. The molecular formula is C13H17N3O. The molecule has 0 bridgehead atoms. The zero-order chi connectivity index (χ0) is 12.1. The monoisotopic (exact) mass is 231 g/mol. The number of amides is 1. The van der Waals surface area contributed by atoms with Gasteiger partial charge in [0.25, 0.3) is 0 Å². The number of pyridine rings is 1. The van der Waals surface area contributed by atoms with Crippen molar-refractivity contribution in [1.29, 1.82) is 0 Å². The van der Waals surface area contributed by atoms with Gasteiger partial charge in [0.1, 0.15) is 0 Å². The first-order chi connectivity index (χ1) is 8.29. The van der Waals surface area contributed by atoms with Crippen molar-refractivity contribution in [2.75, 3.05) is 26.2 Å². The van der Waals surface area contributed by atoms with E-state index in [4.69, 9.17) is 0 Å². The Labute approximate surface area is 102 Å². The summed E-state index contributed by atoms with van der Waals surface area (Å²) in [5.74, 6) is 0.0334. The molecule has 0 N–H and O–H groups in total. The van der Waals surface area contributed by atoms with Gasteiger partial charge in [0.2, 0.25) is 5.91 Å². The van der Waals surface area contributed by atoms with E-state index in [-0.39, 0.29) is 5.91 Å². The first kappa shape index (κ1) is 11.8. The molecule has 17 heavy (non-hydrogen) atoms. The van der Waals surface area contributed by atoms with Gasteiger partial charge in [-0.1, -0.05) is 12.6 Å². The van der Waals surface area contributed by atoms with E-state index in [1.165, 1.54) is 11.6 Å². The molecule has 4 heteroatoms. The number of piperazine rings is 1. The fourth-order valence-corrected chi connectivity index (χ4v) is 2.01. The Morgan fingerprint density at radius 1 is 1.41 bits per heavy atom. The summed E-state index contributed by atoms with van der Waals surface area (Å²) in [5.41, 5.74) is 1.22. The second-order valence-electron chi connectivity index (χ2n) is 4.17. The minimum Gasteiger partial charge on any atom is -0.337 e. The summed E-state index contributed by atoms with van der Waals surface area (Å²) in [7, 11) is 0. The van der Waals surface area contributed by atoms with Crippen molar-refractivity contribution in [1.82, 2.24) is 14.8 Å². The number of rotatable bonds is 3. The SMILES string of the molecule is C=CC(=O)N1CCN(Cc2cccnc2)CC1. The van der Waals surface area contributed by atoms with E-state index >= 15 is 0 Å². The Balaban J connectivity index is 1.83. The molecule has 2 rings (SSSR count). The van der Waals surface area contributed by atoms with Gasteiger partial charge < -0.3 is 4.90 Å². The number of carbonyl (C=O) groups excluding carboxylic acids is 1. The van der Waals surface area contributed by atoms with Crippen LogP contribution in [-0.2, 0) is 11.3 Å². The molecule has 1 saturated heterocycles. The Morgan fingerprint density at radius 3 is 2.76 bits per heavy atom. The van der Waals surface area contributed by atoms with Gasteiger partial charge in [0.15, 0.2) is 0 Å². The van der Waals surface area contributed by atoms with Gasteiger partial charge in [-0.2, -0.15) is 0 Å². The third kappa shape index (κ3) is 3.14. The summed E-state index contributed by atoms with van der Waals surface area (Å²) in [6.45, 7) is 7.80. The molecule has 0 aromatic carbocycles. The van der Waals surface area contributed by atoms with Crippen LogP contribution in [-0.4, -0.2) is 46.9 Å². The van der Waals surface area contributed by atoms with Crippen molar-refractivity contribution >= 4 is 5.91 Å².